The molecule has 0 aromatic heterocycles. The van der Waals surface area contributed by atoms with Gasteiger partial charge in [-0.1, -0.05) is 18.2 Å². The molecule has 4 N–H and O–H groups in total. The number of ether oxygens (including phenoxy) is 3. The van der Waals surface area contributed by atoms with Crippen LogP contribution in [-0.4, -0.2) is 64.2 Å². The fourth-order valence-corrected chi connectivity index (χ4v) is 5.32. The molecule has 1 spiro atoms. The molecule has 3 unspecified atom stereocenters. The number of fused-ring (bicyclic) bond motifs is 1. The van der Waals surface area contributed by atoms with Gasteiger partial charge >= 0.3 is 0 Å². The Morgan fingerprint density at radius 3 is 2.52 bits per heavy atom. The minimum absolute atomic E-state index is 0.0669. The smallest absolute Gasteiger partial charge is 0.123 e. The SMILES string of the molecule is COc1ccc(C2OC(CO)[C@@H](O)C(O)[C@H]2O)cc1Cc1ccc2c(c1)CCC1(CCC1)O2. The molecule has 0 radical (unpaired) electrons. The van der Waals surface area contributed by atoms with Crippen LogP contribution in [0, 0.1) is 0 Å². The van der Waals surface area contributed by atoms with Crippen molar-refractivity contribution in [1.29, 1.82) is 0 Å². The molecule has 5 atom stereocenters. The summed E-state index contributed by atoms with van der Waals surface area (Å²) in [5.41, 5.74) is 3.99. The van der Waals surface area contributed by atoms with Crippen molar-refractivity contribution in [2.75, 3.05) is 13.7 Å². The summed E-state index contributed by atoms with van der Waals surface area (Å²) in [5, 5.41) is 40.3. The summed E-state index contributed by atoms with van der Waals surface area (Å²) >= 11 is 0. The van der Waals surface area contributed by atoms with Gasteiger partial charge in [-0.2, -0.15) is 0 Å². The Morgan fingerprint density at radius 1 is 1.00 bits per heavy atom. The maximum absolute atomic E-state index is 10.5. The molecule has 0 amide bonds. The normalized spacial score (nSPS) is 30.3. The van der Waals surface area contributed by atoms with Crippen molar-refractivity contribution < 1.29 is 34.6 Å². The van der Waals surface area contributed by atoms with E-state index in [1.165, 1.54) is 12.0 Å². The van der Waals surface area contributed by atoms with E-state index in [4.69, 9.17) is 14.2 Å². The van der Waals surface area contributed by atoms with Crippen LogP contribution in [0.2, 0.25) is 0 Å². The van der Waals surface area contributed by atoms with E-state index in [0.29, 0.717) is 17.7 Å². The first-order valence-corrected chi connectivity index (χ1v) is 11.7. The number of rotatable bonds is 5. The fourth-order valence-electron chi connectivity index (χ4n) is 5.32. The molecule has 178 valence electrons. The van der Waals surface area contributed by atoms with Gasteiger partial charge in [-0.15, -0.1) is 0 Å². The van der Waals surface area contributed by atoms with Crippen LogP contribution in [0.5, 0.6) is 11.5 Å². The maximum Gasteiger partial charge on any atom is 0.123 e. The quantitative estimate of drug-likeness (QED) is 0.545. The van der Waals surface area contributed by atoms with Gasteiger partial charge in [-0.05, 0) is 72.6 Å². The van der Waals surface area contributed by atoms with Crippen LogP contribution < -0.4 is 9.47 Å². The molecule has 0 bridgehead atoms. The van der Waals surface area contributed by atoms with Crippen LogP contribution in [0.1, 0.15) is 54.0 Å². The lowest BCUT2D eigenvalue weighted by Gasteiger charge is -2.45. The number of methoxy groups -OCH3 is 1. The Hall–Kier alpha value is -2.16. The molecule has 1 saturated carbocycles. The second-order valence-electron chi connectivity index (χ2n) is 9.58. The molecule has 2 aliphatic heterocycles. The Bertz CT molecular complexity index is 1000. The predicted octanol–water partition coefficient (Wildman–Crippen LogP) is 2.05. The summed E-state index contributed by atoms with van der Waals surface area (Å²) in [6.45, 7) is -0.455. The summed E-state index contributed by atoms with van der Waals surface area (Å²) in [6, 6.07) is 11.8. The highest BCUT2D eigenvalue weighted by molar-refractivity contribution is 5.45. The van der Waals surface area contributed by atoms with Crippen molar-refractivity contribution in [1.82, 2.24) is 0 Å². The van der Waals surface area contributed by atoms with E-state index >= 15 is 0 Å². The highest BCUT2D eigenvalue weighted by atomic mass is 16.5. The molecule has 3 aliphatic rings. The third-order valence-corrected chi connectivity index (χ3v) is 7.49. The number of aliphatic hydroxyl groups is 4. The van der Waals surface area contributed by atoms with E-state index in [0.717, 1.165) is 42.6 Å². The number of aryl methyl sites for hydroxylation is 1. The molecule has 7 nitrogen and oxygen atoms in total. The second-order valence-corrected chi connectivity index (χ2v) is 9.58. The van der Waals surface area contributed by atoms with E-state index in [2.05, 4.69) is 18.2 Å². The van der Waals surface area contributed by atoms with Gasteiger partial charge in [0, 0.05) is 6.42 Å². The molecule has 1 aliphatic carbocycles. The Balaban J connectivity index is 1.39. The van der Waals surface area contributed by atoms with Gasteiger partial charge in [0.2, 0.25) is 0 Å². The summed E-state index contributed by atoms with van der Waals surface area (Å²) in [6.07, 6.45) is 0.326. The Kier molecular flexibility index (Phi) is 6.09. The van der Waals surface area contributed by atoms with Crippen molar-refractivity contribution in [3.8, 4) is 11.5 Å². The lowest BCUT2D eigenvalue weighted by Crippen LogP contribution is -2.55. The number of hydrogen-bond donors (Lipinski definition) is 4. The fraction of sp³-hybridized carbons (Fsp3) is 0.538. The van der Waals surface area contributed by atoms with Crippen LogP contribution in [-0.2, 0) is 17.6 Å². The molecule has 2 fully saturated rings. The Labute approximate surface area is 193 Å². The summed E-state index contributed by atoms with van der Waals surface area (Å²) in [5.74, 6) is 1.71. The van der Waals surface area contributed by atoms with Gasteiger partial charge in [-0.3, -0.25) is 0 Å². The lowest BCUT2D eigenvalue weighted by atomic mass is 9.74. The molecule has 33 heavy (non-hydrogen) atoms. The minimum atomic E-state index is -1.41. The number of benzene rings is 2. The molecule has 1 saturated heterocycles. The largest absolute Gasteiger partial charge is 0.496 e. The van der Waals surface area contributed by atoms with Crippen molar-refractivity contribution in [3.05, 3.63) is 58.7 Å². The topological polar surface area (TPSA) is 109 Å². The van der Waals surface area contributed by atoms with Crippen LogP contribution in [0.15, 0.2) is 36.4 Å². The first-order chi connectivity index (χ1) is 15.9. The molecule has 2 aromatic carbocycles. The lowest BCUT2D eigenvalue weighted by molar-refractivity contribution is -0.231. The molecule has 7 heteroatoms. The van der Waals surface area contributed by atoms with E-state index in [-0.39, 0.29) is 5.60 Å². The second kappa shape index (κ2) is 8.89. The van der Waals surface area contributed by atoms with Gasteiger partial charge in [-0.25, -0.2) is 0 Å². The van der Waals surface area contributed by atoms with E-state index in [1.807, 2.05) is 12.1 Å². The van der Waals surface area contributed by atoms with Gasteiger partial charge in [0.05, 0.1) is 13.7 Å². The van der Waals surface area contributed by atoms with Crippen LogP contribution in [0.3, 0.4) is 0 Å². The van der Waals surface area contributed by atoms with E-state index in [9.17, 15) is 20.4 Å². The number of hydrogen-bond acceptors (Lipinski definition) is 7. The summed E-state index contributed by atoms with van der Waals surface area (Å²) in [7, 11) is 1.62. The molecular weight excluding hydrogens is 424 g/mol. The van der Waals surface area contributed by atoms with Crippen LogP contribution in [0.25, 0.3) is 0 Å². The zero-order valence-corrected chi connectivity index (χ0v) is 18.8. The van der Waals surface area contributed by atoms with Crippen molar-refractivity contribution in [3.63, 3.8) is 0 Å². The minimum Gasteiger partial charge on any atom is -0.496 e. The highest BCUT2D eigenvalue weighted by Crippen LogP contribution is 2.45. The van der Waals surface area contributed by atoms with Gasteiger partial charge in [0.25, 0.3) is 0 Å². The van der Waals surface area contributed by atoms with Crippen LogP contribution in [0.4, 0.5) is 0 Å². The van der Waals surface area contributed by atoms with E-state index < -0.39 is 37.1 Å². The first-order valence-electron chi connectivity index (χ1n) is 11.7. The highest BCUT2D eigenvalue weighted by Gasteiger charge is 2.44. The zero-order valence-electron chi connectivity index (χ0n) is 18.8. The first kappa shape index (κ1) is 22.6. The Morgan fingerprint density at radius 2 is 1.82 bits per heavy atom. The van der Waals surface area contributed by atoms with E-state index in [1.54, 1.807) is 13.2 Å². The average molecular weight is 457 g/mol. The third-order valence-electron chi connectivity index (χ3n) is 7.49. The summed E-state index contributed by atoms with van der Waals surface area (Å²) in [4.78, 5) is 0. The molecule has 2 aromatic rings. The van der Waals surface area contributed by atoms with Gasteiger partial charge in [0.1, 0.15) is 47.6 Å². The van der Waals surface area contributed by atoms with Crippen LogP contribution >= 0.6 is 0 Å². The zero-order chi connectivity index (χ0) is 23.2. The average Bonchev–Trinajstić information content (AvgIpc) is 2.81. The maximum atomic E-state index is 10.5. The van der Waals surface area contributed by atoms with Gasteiger partial charge in [0.15, 0.2) is 0 Å². The van der Waals surface area contributed by atoms with Crippen molar-refractivity contribution >= 4 is 0 Å². The monoisotopic (exact) mass is 456 g/mol. The molecular formula is C26H32O7. The summed E-state index contributed by atoms with van der Waals surface area (Å²) < 4.78 is 17.6. The van der Waals surface area contributed by atoms with Gasteiger partial charge < -0.3 is 34.6 Å². The predicted molar refractivity (Wildman–Crippen MR) is 120 cm³/mol. The van der Waals surface area contributed by atoms with Crippen molar-refractivity contribution in [2.24, 2.45) is 0 Å². The molecule has 5 rings (SSSR count). The number of aliphatic hydroxyl groups excluding tert-OH is 4. The third kappa shape index (κ3) is 4.13. The van der Waals surface area contributed by atoms with Crippen molar-refractivity contribution in [2.45, 2.75) is 74.6 Å². The molecule has 2 heterocycles. The standard InChI is InChI=1S/C26H32O7/c1-31-19-6-4-17(25-24(30)23(29)22(28)21(14-27)32-25)13-18(19)12-15-3-5-20-16(11-15)7-10-26(33-20)8-2-9-26/h3-6,11,13,21-25,27-30H,2,7-10,12,14H2,1H3/t21?,22-,23?,24-,25?/m1/s1.